The predicted molar refractivity (Wildman–Crippen MR) is 95.6 cm³/mol. The van der Waals surface area contributed by atoms with E-state index in [4.69, 9.17) is 23.2 Å². The first-order valence-electron chi connectivity index (χ1n) is 6.89. The average Bonchev–Trinajstić information content (AvgIpc) is 2.41. The normalized spacial score (nSPS) is 12.5. The van der Waals surface area contributed by atoms with Gasteiger partial charge in [-0.25, -0.2) is 0 Å². The summed E-state index contributed by atoms with van der Waals surface area (Å²) >= 11 is 16.3. The van der Waals surface area contributed by atoms with Gasteiger partial charge in [-0.2, -0.15) is 0 Å². The molecule has 0 amide bonds. The Morgan fingerprint density at radius 3 is 2.24 bits per heavy atom. The lowest BCUT2D eigenvalue weighted by molar-refractivity contribution is 0.630. The molecule has 0 bridgehead atoms. The van der Waals surface area contributed by atoms with Crippen LogP contribution < -0.4 is 5.32 Å². The van der Waals surface area contributed by atoms with E-state index in [0.717, 1.165) is 32.2 Å². The summed E-state index contributed by atoms with van der Waals surface area (Å²) in [4.78, 5) is 0. The molecule has 1 atom stereocenters. The van der Waals surface area contributed by atoms with E-state index in [-0.39, 0.29) is 6.04 Å². The maximum Gasteiger partial charge on any atom is 0.0606 e. The number of benzene rings is 2. The molecule has 1 unspecified atom stereocenters. The highest BCUT2D eigenvalue weighted by Gasteiger charge is 2.19. The average molecular weight is 387 g/mol. The molecule has 0 aromatic heterocycles. The number of hydrogen-bond donors (Lipinski definition) is 1. The minimum atomic E-state index is -0.0117. The second-order valence-electron chi connectivity index (χ2n) is 5.11. The largest absolute Gasteiger partial charge is 0.306 e. The topological polar surface area (TPSA) is 12.0 Å². The van der Waals surface area contributed by atoms with Crippen molar-refractivity contribution in [2.45, 2.75) is 26.8 Å². The van der Waals surface area contributed by atoms with Crippen LogP contribution in [-0.4, -0.2) is 6.54 Å². The molecule has 2 aromatic rings. The second kappa shape index (κ2) is 7.15. The van der Waals surface area contributed by atoms with E-state index < -0.39 is 0 Å². The molecule has 0 aliphatic heterocycles. The van der Waals surface area contributed by atoms with Crippen LogP contribution in [0, 0.1) is 13.8 Å². The lowest BCUT2D eigenvalue weighted by Gasteiger charge is -2.22. The van der Waals surface area contributed by atoms with Gasteiger partial charge in [0.15, 0.2) is 0 Å². The molecule has 0 radical (unpaired) electrons. The third-order valence-electron chi connectivity index (χ3n) is 3.61. The summed E-state index contributed by atoms with van der Waals surface area (Å²) < 4.78 is 0.970. The van der Waals surface area contributed by atoms with Crippen LogP contribution in [0.5, 0.6) is 0 Å². The molecule has 0 aliphatic carbocycles. The van der Waals surface area contributed by atoms with Crippen LogP contribution in [0.3, 0.4) is 0 Å². The standard InChI is InChI=1S/C17H18BrCl2N/c1-4-21-17(13-6-5-12(18)9-16(13)20)14-7-10(2)11(3)8-15(14)19/h5-9,17,21H,4H2,1-3H3. The molecule has 0 saturated carbocycles. The molecule has 4 heteroatoms. The minimum absolute atomic E-state index is 0.0117. The Bertz CT molecular complexity index is 655. The quantitative estimate of drug-likeness (QED) is 0.672. The van der Waals surface area contributed by atoms with Crippen LogP contribution >= 0.6 is 39.1 Å². The summed E-state index contributed by atoms with van der Waals surface area (Å²) in [5, 5.41) is 4.97. The van der Waals surface area contributed by atoms with E-state index in [2.05, 4.69) is 48.1 Å². The first kappa shape index (κ1) is 16.8. The van der Waals surface area contributed by atoms with Crippen molar-refractivity contribution in [1.82, 2.24) is 5.32 Å². The highest BCUT2D eigenvalue weighted by atomic mass is 79.9. The van der Waals surface area contributed by atoms with E-state index in [0.29, 0.717) is 0 Å². The van der Waals surface area contributed by atoms with Crippen molar-refractivity contribution in [3.63, 3.8) is 0 Å². The Labute approximate surface area is 144 Å². The van der Waals surface area contributed by atoms with Gasteiger partial charge in [-0.05, 0) is 60.8 Å². The van der Waals surface area contributed by atoms with Crippen molar-refractivity contribution in [3.05, 3.63) is 67.1 Å². The lowest BCUT2D eigenvalue weighted by atomic mass is 9.95. The zero-order valence-electron chi connectivity index (χ0n) is 12.3. The van der Waals surface area contributed by atoms with Gasteiger partial charge in [-0.3, -0.25) is 0 Å². The first-order chi connectivity index (χ1) is 9.93. The maximum absolute atomic E-state index is 6.47. The Balaban J connectivity index is 2.55. The molecule has 112 valence electrons. The minimum Gasteiger partial charge on any atom is -0.306 e. The van der Waals surface area contributed by atoms with E-state index in [9.17, 15) is 0 Å². The number of aryl methyl sites for hydroxylation is 2. The summed E-state index contributed by atoms with van der Waals surface area (Å²) in [6.45, 7) is 7.08. The Kier molecular flexibility index (Phi) is 5.73. The zero-order chi connectivity index (χ0) is 15.6. The lowest BCUT2D eigenvalue weighted by Crippen LogP contribution is -2.23. The summed E-state index contributed by atoms with van der Waals surface area (Å²) in [6.07, 6.45) is 0. The molecule has 0 heterocycles. The SMILES string of the molecule is CCNC(c1ccc(Br)cc1Cl)c1cc(C)c(C)cc1Cl. The summed E-state index contributed by atoms with van der Waals surface area (Å²) in [5.41, 5.74) is 4.52. The summed E-state index contributed by atoms with van der Waals surface area (Å²) in [5.74, 6) is 0. The van der Waals surface area contributed by atoms with Gasteiger partial charge in [0.05, 0.1) is 6.04 Å². The maximum atomic E-state index is 6.47. The van der Waals surface area contributed by atoms with Gasteiger partial charge in [0.1, 0.15) is 0 Å². The first-order valence-corrected chi connectivity index (χ1v) is 8.44. The summed E-state index contributed by atoms with van der Waals surface area (Å²) in [7, 11) is 0. The monoisotopic (exact) mass is 385 g/mol. The van der Waals surface area contributed by atoms with Crippen molar-refractivity contribution in [1.29, 1.82) is 0 Å². The second-order valence-corrected chi connectivity index (χ2v) is 6.84. The van der Waals surface area contributed by atoms with E-state index >= 15 is 0 Å². The van der Waals surface area contributed by atoms with Crippen LogP contribution in [0.1, 0.15) is 35.2 Å². The molecule has 0 spiro atoms. The van der Waals surface area contributed by atoms with Gasteiger partial charge < -0.3 is 5.32 Å². The third kappa shape index (κ3) is 3.81. The Morgan fingerprint density at radius 2 is 1.62 bits per heavy atom. The molecule has 0 aliphatic rings. The predicted octanol–water partition coefficient (Wildman–Crippen LogP) is 6.07. The van der Waals surface area contributed by atoms with Crippen molar-refractivity contribution in [2.24, 2.45) is 0 Å². The van der Waals surface area contributed by atoms with Gasteiger partial charge in [0.2, 0.25) is 0 Å². The van der Waals surface area contributed by atoms with Gasteiger partial charge in [0, 0.05) is 14.5 Å². The zero-order valence-corrected chi connectivity index (χ0v) is 15.4. The third-order valence-corrected chi connectivity index (χ3v) is 4.75. The van der Waals surface area contributed by atoms with Crippen molar-refractivity contribution in [3.8, 4) is 0 Å². The van der Waals surface area contributed by atoms with Crippen LogP contribution in [0.4, 0.5) is 0 Å². The fraction of sp³-hybridized carbons (Fsp3) is 0.294. The van der Waals surface area contributed by atoms with Crippen molar-refractivity contribution >= 4 is 39.1 Å². The fourth-order valence-corrected chi connectivity index (χ4v) is 3.46. The molecule has 1 nitrogen and oxygen atoms in total. The molecule has 2 aromatic carbocycles. The van der Waals surface area contributed by atoms with Crippen LogP contribution in [-0.2, 0) is 0 Å². The number of hydrogen-bond acceptors (Lipinski definition) is 1. The number of nitrogens with one attached hydrogen (secondary N) is 1. The van der Waals surface area contributed by atoms with E-state index in [1.165, 1.54) is 11.1 Å². The smallest absolute Gasteiger partial charge is 0.0606 e. The van der Waals surface area contributed by atoms with Gasteiger partial charge in [-0.15, -0.1) is 0 Å². The summed E-state index contributed by atoms with van der Waals surface area (Å²) in [6, 6.07) is 10.1. The van der Waals surface area contributed by atoms with Crippen LogP contribution in [0.25, 0.3) is 0 Å². The van der Waals surface area contributed by atoms with Gasteiger partial charge >= 0.3 is 0 Å². The molecule has 0 saturated heterocycles. The fourth-order valence-electron chi connectivity index (χ4n) is 2.35. The van der Waals surface area contributed by atoms with Gasteiger partial charge in [-0.1, -0.05) is 58.2 Å². The number of halogens is 3. The molecular formula is C17H18BrCl2N. The Hall–Kier alpha value is -0.540. The van der Waals surface area contributed by atoms with Crippen LogP contribution in [0.2, 0.25) is 10.0 Å². The molecule has 21 heavy (non-hydrogen) atoms. The number of rotatable bonds is 4. The van der Waals surface area contributed by atoms with Crippen molar-refractivity contribution in [2.75, 3.05) is 6.54 Å². The van der Waals surface area contributed by atoms with Gasteiger partial charge in [0.25, 0.3) is 0 Å². The molecule has 0 fully saturated rings. The molecular weight excluding hydrogens is 369 g/mol. The van der Waals surface area contributed by atoms with Crippen molar-refractivity contribution < 1.29 is 0 Å². The Morgan fingerprint density at radius 1 is 1.00 bits per heavy atom. The van der Waals surface area contributed by atoms with E-state index in [1.807, 2.05) is 24.3 Å². The highest BCUT2D eigenvalue weighted by molar-refractivity contribution is 9.10. The van der Waals surface area contributed by atoms with E-state index in [1.54, 1.807) is 0 Å². The van der Waals surface area contributed by atoms with Crippen LogP contribution in [0.15, 0.2) is 34.8 Å². The molecule has 1 N–H and O–H groups in total. The molecule has 2 rings (SSSR count). The highest BCUT2D eigenvalue weighted by Crippen LogP contribution is 2.35.